The number of nitrogens with one attached hydrogen (secondary N) is 1. The molecule has 0 aliphatic carbocycles. The van der Waals surface area contributed by atoms with E-state index in [0.717, 1.165) is 0 Å². The van der Waals surface area contributed by atoms with E-state index >= 15 is 0 Å². The highest BCUT2D eigenvalue weighted by atomic mass is 16.4. The summed E-state index contributed by atoms with van der Waals surface area (Å²) < 4.78 is 0. The highest BCUT2D eigenvalue weighted by Crippen LogP contribution is 2.15. The number of carboxylic acid groups (broad SMARTS) is 1. The first-order valence-corrected chi connectivity index (χ1v) is 6.18. The van der Waals surface area contributed by atoms with E-state index in [4.69, 9.17) is 15.9 Å². The Bertz CT molecular complexity index is 529. The summed E-state index contributed by atoms with van der Waals surface area (Å²) in [5, 5.41) is 20.2. The number of anilines is 1. The maximum atomic E-state index is 12.0. The summed E-state index contributed by atoms with van der Waals surface area (Å²) in [4.78, 5) is 35.0. The van der Waals surface area contributed by atoms with Gasteiger partial charge in [-0.15, -0.1) is 0 Å². The first-order chi connectivity index (χ1) is 9.86. The average Bonchev–Trinajstić information content (AvgIpc) is 2.44. The lowest BCUT2D eigenvalue weighted by Crippen LogP contribution is -2.49. The van der Waals surface area contributed by atoms with Crippen molar-refractivity contribution in [1.29, 1.82) is 0 Å². The molecule has 21 heavy (non-hydrogen) atoms. The molecule has 114 valence electrons. The number of carbonyl (C=O) groups is 3. The van der Waals surface area contributed by atoms with E-state index < -0.39 is 23.9 Å². The zero-order chi connectivity index (χ0) is 16.0. The zero-order valence-electron chi connectivity index (χ0n) is 11.4. The number of aromatic carboxylic acids is 1. The maximum Gasteiger partial charge on any atom is 0.335 e. The highest BCUT2D eigenvalue weighted by Gasteiger charge is 2.19. The number of nitrogens with zero attached hydrogens (tertiary/aromatic N) is 1. The van der Waals surface area contributed by atoms with Gasteiger partial charge in [0.15, 0.2) is 0 Å². The Balaban J connectivity index is 2.92. The summed E-state index contributed by atoms with van der Waals surface area (Å²) in [5.74, 6) is -1.77. The number of primary amides is 1. The Morgan fingerprint density at radius 3 is 2.29 bits per heavy atom. The molecule has 0 bridgehead atoms. The van der Waals surface area contributed by atoms with Crippen molar-refractivity contribution in [1.82, 2.24) is 5.32 Å². The number of urea groups is 1. The maximum absolute atomic E-state index is 12.0. The Morgan fingerprint density at radius 1 is 1.29 bits per heavy atom. The fourth-order valence-corrected chi connectivity index (χ4v) is 1.57. The molecule has 0 aliphatic rings. The molecular formula is C13H17N3O5. The molecule has 0 aliphatic heterocycles. The van der Waals surface area contributed by atoms with E-state index in [1.165, 1.54) is 36.1 Å². The summed E-state index contributed by atoms with van der Waals surface area (Å²) in [6.45, 7) is 1.13. The molecule has 1 unspecified atom stereocenters. The number of rotatable bonds is 6. The molecule has 0 fully saturated rings. The van der Waals surface area contributed by atoms with Crippen LogP contribution in [0.2, 0.25) is 0 Å². The molecule has 3 amide bonds. The van der Waals surface area contributed by atoms with Gasteiger partial charge < -0.3 is 21.3 Å². The zero-order valence-corrected chi connectivity index (χ0v) is 11.4. The van der Waals surface area contributed by atoms with Gasteiger partial charge in [-0.3, -0.25) is 9.69 Å². The van der Waals surface area contributed by atoms with Crippen LogP contribution in [0.25, 0.3) is 0 Å². The van der Waals surface area contributed by atoms with Crippen LogP contribution in [0.4, 0.5) is 10.5 Å². The quantitative estimate of drug-likeness (QED) is 0.575. The molecule has 0 saturated carbocycles. The van der Waals surface area contributed by atoms with Crippen molar-refractivity contribution in [3.63, 3.8) is 0 Å². The average molecular weight is 295 g/mol. The van der Waals surface area contributed by atoms with E-state index in [9.17, 15) is 14.4 Å². The number of benzene rings is 1. The first-order valence-electron chi connectivity index (χ1n) is 6.18. The third kappa shape index (κ3) is 4.46. The molecule has 0 spiro atoms. The highest BCUT2D eigenvalue weighted by molar-refractivity contribution is 5.96. The van der Waals surface area contributed by atoms with Gasteiger partial charge in [0.25, 0.3) is 0 Å². The SMILES string of the molecule is CC(NC(=O)N(CCO)c1ccc(C(=O)O)cc1)C(N)=O. The molecule has 1 aromatic carbocycles. The number of amides is 3. The predicted molar refractivity (Wildman–Crippen MR) is 75.0 cm³/mol. The second-order valence-corrected chi connectivity index (χ2v) is 4.30. The predicted octanol–water partition coefficient (Wildman–Crippen LogP) is -0.233. The summed E-state index contributed by atoms with van der Waals surface area (Å²) >= 11 is 0. The van der Waals surface area contributed by atoms with Crippen molar-refractivity contribution in [2.24, 2.45) is 5.73 Å². The lowest BCUT2D eigenvalue weighted by Gasteiger charge is -2.24. The van der Waals surface area contributed by atoms with Crippen LogP contribution in [0.15, 0.2) is 24.3 Å². The Kier molecular flexibility index (Phi) is 5.67. The van der Waals surface area contributed by atoms with Crippen LogP contribution in [-0.4, -0.2) is 47.3 Å². The summed E-state index contributed by atoms with van der Waals surface area (Å²) in [7, 11) is 0. The van der Waals surface area contributed by atoms with Crippen molar-refractivity contribution in [2.75, 3.05) is 18.1 Å². The Morgan fingerprint density at radius 2 is 1.86 bits per heavy atom. The van der Waals surface area contributed by atoms with Gasteiger partial charge in [-0.1, -0.05) is 0 Å². The Labute approximate surface area is 121 Å². The topological polar surface area (TPSA) is 133 Å². The summed E-state index contributed by atoms with van der Waals surface area (Å²) in [6.07, 6.45) is 0. The minimum absolute atomic E-state index is 0.0102. The van der Waals surface area contributed by atoms with E-state index in [-0.39, 0.29) is 18.7 Å². The van der Waals surface area contributed by atoms with Gasteiger partial charge >= 0.3 is 12.0 Å². The van der Waals surface area contributed by atoms with Crippen molar-refractivity contribution >= 4 is 23.6 Å². The van der Waals surface area contributed by atoms with Crippen molar-refractivity contribution in [2.45, 2.75) is 13.0 Å². The third-order valence-electron chi connectivity index (χ3n) is 2.76. The van der Waals surface area contributed by atoms with Crippen molar-refractivity contribution in [3.05, 3.63) is 29.8 Å². The van der Waals surface area contributed by atoms with Gasteiger partial charge in [-0.2, -0.15) is 0 Å². The molecule has 8 nitrogen and oxygen atoms in total. The molecule has 0 radical (unpaired) electrons. The smallest absolute Gasteiger partial charge is 0.335 e. The van der Waals surface area contributed by atoms with Crippen molar-refractivity contribution in [3.8, 4) is 0 Å². The van der Waals surface area contributed by atoms with Crippen LogP contribution in [0.3, 0.4) is 0 Å². The van der Waals surface area contributed by atoms with E-state index in [1.54, 1.807) is 0 Å². The molecule has 0 heterocycles. The standard InChI is InChI=1S/C13H17N3O5/c1-8(11(14)18)15-13(21)16(6-7-17)10-4-2-9(3-5-10)12(19)20/h2-5,8,17H,6-7H2,1H3,(H2,14,18)(H,15,21)(H,19,20). The second-order valence-electron chi connectivity index (χ2n) is 4.30. The second kappa shape index (κ2) is 7.25. The number of carbonyl (C=O) groups excluding carboxylic acids is 2. The van der Waals surface area contributed by atoms with Crippen LogP contribution >= 0.6 is 0 Å². The van der Waals surface area contributed by atoms with E-state index in [0.29, 0.717) is 5.69 Å². The van der Waals surface area contributed by atoms with Gasteiger partial charge in [0.2, 0.25) is 5.91 Å². The summed E-state index contributed by atoms with van der Waals surface area (Å²) in [5.41, 5.74) is 5.53. The van der Waals surface area contributed by atoms with Crippen LogP contribution in [0.1, 0.15) is 17.3 Å². The fourth-order valence-electron chi connectivity index (χ4n) is 1.57. The molecule has 1 rings (SSSR count). The van der Waals surface area contributed by atoms with Crippen LogP contribution in [-0.2, 0) is 4.79 Å². The molecule has 5 N–H and O–H groups in total. The molecule has 0 saturated heterocycles. The molecule has 8 heteroatoms. The third-order valence-corrected chi connectivity index (χ3v) is 2.76. The lowest BCUT2D eigenvalue weighted by molar-refractivity contribution is -0.119. The van der Waals surface area contributed by atoms with Gasteiger partial charge in [-0.25, -0.2) is 9.59 Å². The Hall–Kier alpha value is -2.61. The van der Waals surface area contributed by atoms with E-state index in [2.05, 4.69) is 5.32 Å². The number of hydrogen-bond donors (Lipinski definition) is 4. The van der Waals surface area contributed by atoms with Crippen molar-refractivity contribution < 1.29 is 24.6 Å². The monoisotopic (exact) mass is 295 g/mol. The van der Waals surface area contributed by atoms with E-state index in [1.807, 2.05) is 0 Å². The number of hydrogen-bond acceptors (Lipinski definition) is 4. The van der Waals surface area contributed by atoms with Gasteiger partial charge in [0.1, 0.15) is 6.04 Å². The van der Waals surface area contributed by atoms with Gasteiger partial charge in [0.05, 0.1) is 18.7 Å². The van der Waals surface area contributed by atoms with Crippen LogP contribution in [0, 0.1) is 0 Å². The van der Waals surface area contributed by atoms with Gasteiger partial charge in [0, 0.05) is 5.69 Å². The molecule has 0 aromatic heterocycles. The summed E-state index contributed by atoms with van der Waals surface area (Å²) in [6, 6.07) is 4.08. The fraction of sp³-hybridized carbons (Fsp3) is 0.308. The molecule has 1 aromatic rings. The number of aliphatic hydroxyl groups excluding tert-OH is 1. The normalized spacial score (nSPS) is 11.5. The van der Waals surface area contributed by atoms with Crippen LogP contribution in [0.5, 0.6) is 0 Å². The first kappa shape index (κ1) is 16.4. The molecule has 1 atom stereocenters. The number of carboxylic acids is 1. The lowest BCUT2D eigenvalue weighted by atomic mass is 10.2. The minimum atomic E-state index is -1.08. The minimum Gasteiger partial charge on any atom is -0.478 e. The largest absolute Gasteiger partial charge is 0.478 e. The van der Waals surface area contributed by atoms with Crippen LogP contribution < -0.4 is 16.0 Å². The van der Waals surface area contributed by atoms with Gasteiger partial charge in [-0.05, 0) is 31.2 Å². The molecular weight excluding hydrogens is 278 g/mol. The number of nitrogens with two attached hydrogens (primary N) is 1. The number of aliphatic hydroxyl groups is 1.